The third-order valence-corrected chi connectivity index (χ3v) is 4.74. The number of likely N-dealkylation sites (tertiary alicyclic amines) is 2. The average molecular weight is 314 g/mol. The standard InChI is InChI=1S/C18H22N2O3/c1-13-4-6-14(7-5-13)15-3-2-11-19(15)18(23)10-12-20-16(21)8-9-17(20)22/h4-7,15H,2-3,8-12H2,1H3. The van der Waals surface area contributed by atoms with E-state index in [0.717, 1.165) is 24.9 Å². The Morgan fingerprint density at radius 2 is 1.78 bits per heavy atom. The summed E-state index contributed by atoms with van der Waals surface area (Å²) in [5.41, 5.74) is 2.37. The summed E-state index contributed by atoms with van der Waals surface area (Å²) in [6, 6.07) is 8.42. The lowest BCUT2D eigenvalue weighted by Gasteiger charge is -2.26. The number of rotatable bonds is 4. The lowest BCUT2D eigenvalue weighted by atomic mass is 10.0. The number of benzene rings is 1. The molecule has 0 saturated carbocycles. The van der Waals surface area contributed by atoms with Gasteiger partial charge in [-0.25, -0.2) is 0 Å². The van der Waals surface area contributed by atoms with Gasteiger partial charge in [0.15, 0.2) is 0 Å². The maximum Gasteiger partial charge on any atom is 0.229 e. The predicted molar refractivity (Wildman–Crippen MR) is 85.4 cm³/mol. The van der Waals surface area contributed by atoms with Gasteiger partial charge in [-0.2, -0.15) is 0 Å². The Bertz CT molecular complexity index is 608. The number of hydrogen-bond donors (Lipinski definition) is 0. The van der Waals surface area contributed by atoms with E-state index in [1.54, 1.807) is 0 Å². The Hall–Kier alpha value is -2.17. The highest BCUT2D eigenvalue weighted by Gasteiger charge is 2.32. The van der Waals surface area contributed by atoms with Crippen LogP contribution in [0.1, 0.15) is 49.3 Å². The number of amides is 3. The molecule has 2 aliphatic heterocycles. The Morgan fingerprint density at radius 1 is 1.13 bits per heavy atom. The molecule has 2 saturated heterocycles. The van der Waals surface area contributed by atoms with Crippen LogP contribution in [-0.4, -0.2) is 40.6 Å². The Morgan fingerprint density at radius 3 is 2.43 bits per heavy atom. The molecule has 3 amide bonds. The van der Waals surface area contributed by atoms with Gasteiger partial charge in [-0.1, -0.05) is 29.8 Å². The molecule has 5 heteroatoms. The van der Waals surface area contributed by atoms with E-state index in [-0.39, 0.29) is 49.6 Å². The first-order valence-electron chi connectivity index (χ1n) is 8.25. The largest absolute Gasteiger partial charge is 0.336 e. The van der Waals surface area contributed by atoms with Crippen molar-refractivity contribution >= 4 is 17.7 Å². The van der Waals surface area contributed by atoms with Crippen molar-refractivity contribution in [2.45, 2.75) is 45.1 Å². The molecule has 3 rings (SSSR count). The minimum Gasteiger partial charge on any atom is -0.336 e. The van der Waals surface area contributed by atoms with Crippen molar-refractivity contribution in [1.82, 2.24) is 9.80 Å². The van der Waals surface area contributed by atoms with Gasteiger partial charge >= 0.3 is 0 Å². The summed E-state index contributed by atoms with van der Waals surface area (Å²) in [5, 5.41) is 0. The maximum absolute atomic E-state index is 12.5. The summed E-state index contributed by atoms with van der Waals surface area (Å²) >= 11 is 0. The summed E-state index contributed by atoms with van der Waals surface area (Å²) in [7, 11) is 0. The van der Waals surface area contributed by atoms with Gasteiger partial charge in [0, 0.05) is 32.4 Å². The van der Waals surface area contributed by atoms with Gasteiger partial charge in [0.05, 0.1) is 6.04 Å². The second kappa shape index (κ2) is 6.52. The molecule has 0 radical (unpaired) electrons. The van der Waals surface area contributed by atoms with Gasteiger partial charge < -0.3 is 4.90 Å². The smallest absolute Gasteiger partial charge is 0.229 e. The molecule has 0 bridgehead atoms. The summed E-state index contributed by atoms with van der Waals surface area (Å²) in [6.07, 6.45) is 2.74. The number of carbonyl (C=O) groups excluding carboxylic acids is 3. The first-order valence-corrected chi connectivity index (χ1v) is 8.25. The first kappa shape index (κ1) is 15.7. The van der Waals surface area contributed by atoms with E-state index in [9.17, 15) is 14.4 Å². The lowest BCUT2D eigenvalue weighted by Crippen LogP contribution is -2.36. The normalized spacial score (nSPS) is 21.3. The van der Waals surface area contributed by atoms with Gasteiger partial charge in [-0.05, 0) is 25.3 Å². The highest BCUT2D eigenvalue weighted by Crippen LogP contribution is 2.32. The summed E-state index contributed by atoms with van der Waals surface area (Å²) in [5.74, 6) is -0.279. The van der Waals surface area contributed by atoms with Crippen LogP contribution in [-0.2, 0) is 14.4 Å². The first-order chi connectivity index (χ1) is 11.1. The number of hydrogen-bond acceptors (Lipinski definition) is 3. The molecule has 0 aromatic heterocycles. The molecule has 23 heavy (non-hydrogen) atoms. The van der Waals surface area contributed by atoms with E-state index in [1.165, 1.54) is 10.5 Å². The molecular formula is C18H22N2O3. The zero-order valence-electron chi connectivity index (χ0n) is 13.5. The molecule has 1 atom stereocenters. The third kappa shape index (κ3) is 3.28. The molecule has 1 aromatic carbocycles. The summed E-state index contributed by atoms with van der Waals surface area (Å²) in [6.45, 7) is 3.01. The van der Waals surface area contributed by atoms with Crippen LogP contribution in [0.15, 0.2) is 24.3 Å². The van der Waals surface area contributed by atoms with Crippen molar-refractivity contribution in [2.24, 2.45) is 0 Å². The second-order valence-electron chi connectivity index (χ2n) is 6.34. The van der Waals surface area contributed by atoms with Crippen LogP contribution < -0.4 is 0 Å². The van der Waals surface area contributed by atoms with Gasteiger partial charge in [-0.15, -0.1) is 0 Å². The molecule has 0 aliphatic carbocycles. The molecular weight excluding hydrogens is 292 g/mol. The number of nitrogens with zero attached hydrogens (tertiary/aromatic N) is 2. The Labute approximate surface area is 136 Å². The fourth-order valence-corrected chi connectivity index (χ4v) is 3.42. The van der Waals surface area contributed by atoms with Gasteiger partial charge in [0.25, 0.3) is 0 Å². The molecule has 0 spiro atoms. The summed E-state index contributed by atoms with van der Waals surface area (Å²) < 4.78 is 0. The van der Waals surface area contributed by atoms with E-state index in [0.29, 0.717) is 0 Å². The SMILES string of the molecule is Cc1ccc(C2CCCN2C(=O)CCN2C(=O)CCC2=O)cc1. The van der Waals surface area contributed by atoms with Crippen LogP contribution in [0.4, 0.5) is 0 Å². The van der Waals surface area contributed by atoms with Crippen molar-refractivity contribution in [3.05, 3.63) is 35.4 Å². The van der Waals surface area contributed by atoms with Gasteiger partial charge in [0.2, 0.25) is 17.7 Å². The minimum absolute atomic E-state index is 0.0283. The van der Waals surface area contributed by atoms with Crippen molar-refractivity contribution in [2.75, 3.05) is 13.1 Å². The Balaban J connectivity index is 1.63. The molecule has 2 fully saturated rings. The van der Waals surface area contributed by atoms with Gasteiger partial charge in [-0.3, -0.25) is 19.3 Å². The zero-order valence-corrected chi connectivity index (χ0v) is 13.5. The number of aryl methyl sites for hydroxylation is 1. The van der Waals surface area contributed by atoms with E-state index in [2.05, 4.69) is 24.3 Å². The minimum atomic E-state index is -0.153. The van der Waals surface area contributed by atoms with Crippen LogP contribution in [0.5, 0.6) is 0 Å². The maximum atomic E-state index is 12.5. The highest BCUT2D eigenvalue weighted by molar-refractivity contribution is 6.02. The fraction of sp³-hybridized carbons (Fsp3) is 0.500. The van der Waals surface area contributed by atoms with E-state index in [1.807, 2.05) is 11.8 Å². The van der Waals surface area contributed by atoms with E-state index >= 15 is 0 Å². The molecule has 1 aromatic rings. The fourth-order valence-electron chi connectivity index (χ4n) is 3.42. The molecule has 2 heterocycles. The Kier molecular flexibility index (Phi) is 4.46. The molecule has 122 valence electrons. The van der Waals surface area contributed by atoms with Crippen molar-refractivity contribution < 1.29 is 14.4 Å². The number of imide groups is 1. The van der Waals surface area contributed by atoms with Crippen molar-refractivity contribution in [1.29, 1.82) is 0 Å². The monoisotopic (exact) mass is 314 g/mol. The second-order valence-corrected chi connectivity index (χ2v) is 6.34. The lowest BCUT2D eigenvalue weighted by molar-refractivity contribution is -0.139. The highest BCUT2D eigenvalue weighted by atomic mass is 16.2. The molecule has 2 aliphatic rings. The van der Waals surface area contributed by atoms with Crippen molar-refractivity contribution in [3.8, 4) is 0 Å². The molecule has 0 N–H and O–H groups in total. The van der Waals surface area contributed by atoms with Crippen LogP contribution >= 0.6 is 0 Å². The van der Waals surface area contributed by atoms with E-state index in [4.69, 9.17) is 0 Å². The van der Waals surface area contributed by atoms with Crippen LogP contribution in [0, 0.1) is 6.92 Å². The zero-order chi connectivity index (χ0) is 16.4. The molecule has 1 unspecified atom stereocenters. The van der Waals surface area contributed by atoms with Gasteiger partial charge in [0.1, 0.15) is 0 Å². The number of carbonyl (C=O) groups is 3. The average Bonchev–Trinajstić information content (AvgIpc) is 3.14. The summed E-state index contributed by atoms with van der Waals surface area (Å²) in [4.78, 5) is 38.9. The third-order valence-electron chi connectivity index (χ3n) is 4.74. The topological polar surface area (TPSA) is 57.7 Å². The quantitative estimate of drug-likeness (QED) is 0.801. The van der Waals surface area contributed by atoms with Crippen LogP contribution in [0.3, 0.4) is 0 Å². The van der Waals surface area contributed by atoms with Crippen LogP contribution in [0.2, 0.25) is 0 Å². The molecule has 5 nitrogen and oxygen atoms in total. The van der Waals surface area contributed by atoms with Crippen LogP contribution in [0.25, 0.3) is 0 Å². The van der Waals surface area contributed by atoms with E-state index < -0.39 is 0 Å². The van der Waals surface area contributed by atoms with Crippen molar-refractivity contribution in [3.63, 3.8) is 0 Å². The predicted octanol–water partition coefficient (Wildman–Crippen LogP) is 2.20.